The molecule has 0 radical (unpaired) electrons. The van der Waals surface area contributed by atoms with Crippen LogP contribution >= 0.6 is 0 Å². The van der Waals surface area contributed by atoms with Gasteiger partial charge >= 0.3 is 6.18 Å². The van der Waals surface area contributed by atoms with Gasteiger partial charge < -0.3 is 5.73 Å². The SMILES string of the molecule is NC1CCC(=Cc2cccc(C(F)(F)F)c2)C1. The third-order valence-corrected chi connectivity index (χ3v) is 2.95. The molecule has 1 aromatic carbocycles. The quantitative estimate of drug-likeness (QED) is 0.798. The second-order valence-electron chi connectivity index (χ2n) is 4.43. The van der Waals surface area contributed by atoms with Gasteiger partial charge in [-0.3, -0.25) is 0 Å². The summed E-state index contributed by atoms with van der Waals surface area (Å²) < 4.78 is 37.5. The lowest BCUT2D eigenvalue weighted by molar-refractivity contribution is -0.137. The van der Waals surface area contributed by atoms with Crippen LogP contribution in [0.3, 0.4) is 0 Å². The maximum Gasteiger partial charge on any atom is 0.416 e. The minimum Gasteiger partial charge on any atom is -0.327 e. The van der Waals surface area contributed by atoms with Crippen molar-refractivity contribution in [3.05, 3.63) is 41.0 Å². The van der Waals surface area contributed by atoms with E-state index in [4.69, 9.17) is 5.73 Å². The molecule has 2 rings (SSSR count). The smallest absolute Gasteiger partial charge is 0.327 e. The Hall–Kier alpha value is -1.29. The van der Waals surface area contributed by atoms with Crippen LogP contribution in [-0.4, -0.2) is 6.04 Å². The molecule has 92 valence electrons. The van der Waals surface area contributed by atoms with Gasteiger partial charge in [-0.1, -0.05) is 23.8 Å². The number of nitrogens with two attached hydrogens (primary N) is 1. The van der Waals surface area contributed by atoms with Gasteiger partial charge in [0, 0.05) is 6.04 Å². The highest BCUT2D eigenvalue weighted by Crippen LogP contribution is 2.31. The Bertz CT molecular complexity index is 435. The fraction of sp³-hybridized carbons (Fsp3) is 0.385. The minimum absolute atomic E-state index is 0.159. The Morgan fingerprint density at radius 1 is 1.29 bits per heavy atom. The molecule has 4 heteroatoms. The zero-order valence-electron chi connectivity index (χ0n) is 9.30. The molecular weight excluding hydrogens is 227 g/mol. The summed E-state index contributed by atoms with van der Waals surface area (Å²) in [5.74, 6) is 0. The lowest BCUT2D eigenvalue weighted by atomic mass is 10.1. The Balaban J connectivity index is 2.23. The summed E-state index contributed by atoms with van der Waals surface area (Å²) in [4.78, 5) is 0. The largest absolute Gasteiger partial charge is 0.416 e. The summed E-state index contributed by atoms with van der Waals surface area (Å²) in [7, 11) is 0. The second-order valence-corrected chi connectivity index (χ2v) is 4.43. The highest BCUT2D eigenvalue weighted by Gasteiger charge is 2.30. The van der Waals surface area contributed by atoms with E-state index in [1.165, 1.54) is 12.1 Å². The van der Waals surface area contributed by atoms with Crippen LogP contribution < -0.4 is 5.73 Å². The molecule has 17 heavy (non-hydrogen) atoms. The first-order valence-electron chi connectivity index (χ1n) is 5.57. The van der Waals surface area contributed by atoms with Crippen LogP contribution in [0.1, 0.15) is 30.4 Å². The monoisotopic (exact) mass is 241 g/mol. The third kappa shape index (κ3) is 3.09. The van der Waals surface area contributed by atoms with Gasteiger partial charge in [0.25, 0.3) is 0 Å². The predicted molar refractivity (Wildman–Crippen MR) is 61.2 cm³/mol. The van der Waals surface area contributed by atoms with E-state index in [9.17, 15) is 13.2 Å². The second kappa shape index (κ2) is 4.53. The van der Waals surface area contributed by atoms with E-state index in [0.717, 1.165) is 30.9 Å². The number of benzene rings is 1. The summed E-state index contributed by atoms with van der Waals surface area (Å²) in [6.07, 6.45) is 0.140. The summed E-state index contributed by atoms with van der Waals surface area (Å²) >= 11 is 0. The van der Waals surface area contributed by atoms with E-state index in [1.54, 1.807) is 6.07 Å². The van der Waals surface area contributed by atoms with Crippen molar-refractivity contribution >= 4 is 6.08 Å². The van der Waals surface area contributed by atoms with E-state index in [0.29, 0.717) is 5.56 Å². The lowest BCUT2D eigenvalue weighted by Crippen LogP contribution is -2.13. The molecule has 1 atom stereocenters. The molecule has 1 nitrogen and oxygen atoms in total. The van der Waals surface area contributed by atoms with Crippen molar-refractivity contribution in [3.63, 3.8) is 0 Å². The topological polar surface area (TPSA) is 26.0 Å². The highest BCUT2D eigenvalue weighted by molar-refractivity contribution is 5.54. The fourth-order valence-electron chi connectivity index (χ4n) is 2.08. The van der Waals surface area contributed by atoms with Crippen LogP contribution in [0.4, 0.5) is 13.2 Å². The molecule has 0 bridgehead atoms. The van der Waals surface area contributed by atoms with E-state index in [1.807, 2.05) is 6.08 Å². The molecule has 0 aliphatic heterocycles. The Kier molecular flexibility index (Phi) is 3.24. The fourth-order valence-corrected chi connectivity index (χ4v) is 2.08. The molecule has 2 N–H and O–H groups in total. The van der Waals surface area contributed by atoms with Crippen LogP contribution in [0, 0.1) is 0 Å². The van der Waals surface area contributed by atoms with E-state index >= 15 is 0 Å². The molecule has 0 spiro atoms. The number of halogens is 3. The van der Waals surface area contributed by atoms with Gasteiger partial charge in [0.05, 0.1) is 5.56 Å². The van der Waals surface area contributed by atoms with Crippen molar-refractivity contribution in [2.24, 2.45) is 5.73 Å². The minimum atomic E-state index is -4.28. The maximum atomic E-state index is 12.5. The Labute approximate surface area is 98.1 Å². The van der Waals surface area contributed by atoms with E-state index in [-0.39, 0.29) is 6.04 Å². The molecule has 0 amide bonds. The molecule has 1 aliphatic carbocycles. The van der Waals surface area contributed by atoms with Crippen LogP contribution in [0.25, 0.3) is 6.08 Å². The number of hydrogen-bond donors (Lipinski definition) is 1. The van der Waals surface area contributed by atoms with Crippen molar-refractivity contribution in [1.82, 2.24) is 0 Å². The molecule has 0 heterocycles. The van der Waals surface area contributed by atoms with Crippen LogP contribution in [0.15, 0.2) is 29.8 Å². The normalized spacial score (nSPS) is 23.3. The maximum absolute atomic E-state index is 12.5. The average molecular weight is 241 g/mol. The summed E-state index contributed by atoms with van der Waals surface area (Å²) in [6.45, 7) is 0. The summed E-state index contributed by atoms with van der Waals surface area (Å²) in [6, 6.07) is 5.54. The van der Waals surface area contributed by atoms with Crippen molar-refractivity contribution in [2.75, 3.05) is 0 Å². The van der Waals surface area contributed by atoms with Crippen molar-refractivity contribution in [1.29, 1.82) is 0 Å². The van der Waals surface area contributed by atoms with Gasteiger partial charge in [-0.2, -0.15) is 13.2 Å². The van der Waals surface area contributed by atoms with Crippen molar-refractivity contribution in [2.45, 2.75) is 31.5 Å². The first-order chi connectivity index (χ1) is 7.95. The summed E-state index contributed by atoms with van der Waals surface area (Å²) in [5, 5.41) is 0. The number of alkyl halides is 3. The average Bonchev–Trinajstić information content (AvgIpc) is 2.63. The van der Waals surface area contributed by atoms with E-state index in [2.05, 4.69) is 0 Å². The molecule has 0 saturated heterocycles. The van der Waals surface area contributed by atoms with Gasteiger partial charge in [-0.15, -0.1) is 0 Å². The standard InChI is InChI=1S/C13H14F3N/c14-13(15,16)11-3-1-2-9(7-11)6-10-4-5-12(17)8-10/h1-3,6-7,12H,4-5,8,17H2. The van der Waals surface area contributed by atoms with Crippen molar-refractivity contribution < 1.29 is 13.2 Å². The van der Waals surface area contributed by atoms with Gasteiger partial charge in [-0.25, -0.2) is 0 Å². The molecule has 1 unspecified atom stereocenters. The molecule has 1 saturated carbocycles. The Morgan fingerprint density at radius 2 is 2.06 bits per heavy atom. The van der Waals surface area contributed by atoms with Crippen LogP contribution in [0.2, 0.25) is 0 Å². The molecule has 0 aromatic heterocycles. The molecule has 1 aromatic rings. The van der Waals surface area contributed by atoms with Gasteiger partial charge in [-0.05, 0) is 37.0 Å². The number of rotatable bonds is 1. The first-order valence-corrected chi connectivity index (χ1v) is 5.57. The summed E-state index contributed by atoms with van der Waals surface area (Å²) in [5.41, 5.74) is 6.89. The predicted octanol–water partition coefficient (Wildman–Crippen LogP) is 3.60. The van der Waals surface area contributed by atoms with Gasteiger partial charge in [0.2, 0.25) is 0 Å². The zero-order valence-corrected chi connectivity index (χ0v) is 9.30. The number of hydrogen-bond acceptors (Lipinski definition) is 1. The highest BCUT2D eigenvalue weighted by atomic mass is 19.4. The van der Waals surface area contributed by atoms with Crippen LogP contribution in [-0.2, 0) is 6.18 Å². The zero-order chi connectivity index (χ0) is 12.5. The molecule has 1 aliphatic rings. The van der Waals surface area contributed by atoms with Gasteiger partial charge in [0.1, 0.15) is 0 Å². The lowest BCUT2D eigenvalue weighted by Gasteiger charge is -2.07. The third-order valence-electron chi connectivity index (χ3n) is 2.95. The Morgan fingerprint density at radius 3 is 2.65 bits per heavy atom. The van der Waals surface area contributed by atoms with E-state index < -0.39 is 11.7 Å². The van der Waals surface area contributed by atoms with Gasteiger partial charge in [0.15, 0.2) is 0 Å². The molecular formula is C13H14F3N. The van der Waals surface area contributed by atoms with Crippen LogP contribution in [0.5, 0.6) is 0 Å². The molecule has 1 fully saturated rings. The van der Waals surface area contributed by atoms with Crippen molar-refractivity contribution in [3.8, 4) is 0 Å². The first kappa shape index (κ1) is 12.2.